The van der Waals surface area contributed by atoms with Crippen molar-refractivity contribution in [2.24, 2.45) is 11.7 Å². The maximum atomic E-state index is 12.5. The van der Waals surface area contributed by atoms with Crippen LogP contribution in [0.15, 0.2) is 0 Å². The Morgan fingerprint density at radius 2 is 1.91 bits per heavy atom. The number of carboxylic acids is 1. The molecule has 1 rings (SSSR count). The molecule has 0 aromatic rings. The molecule has 1 saturated heterocycles. The minimum absolute atomic E-state index is 0.214. The van der Waals surface area contributed by atoms with Crippen LogP contribution in [0.4, 0.5) is 0 Å². The molecule has 23 heavy (non-hydrogen) atoms. The Morgan fingerprint density at radius 1 is 1.30 bits per heavy atom. The van der Waals surface area contributed by atoms with Crippen LogP contribution in [0.5, 0.6) is 0 Å². The second-order valence-corrected chi connectivity index (χ2v) is 6.49. The van der Waals surface area contributed by atoms with E-state index in [9.17, 15) is 19.5 Å². The standard InChI is InChI=1S/C15H27N3O5/c1-8(2)7-10(16)13(20)17-12(9(3)19)14(21)18-6-4-5-11(18)15(22)23/h8-12,19H,4-7,16H2,1-3H3,(H,17,20)(H,22,23). The molecule has 1 aliphatic heterocycles. The summed E-state index contributed by atoms with van der Waals surface area (Å²) in [5, 5.41) is 21.4. The van der Waals surface area contributed by atoms with Crippen molar-refractivity contribution in [3.05, 3.63) is 0 Å². The fourth-order valence-corrected chi connectivity index (χ4v) is 2.73. The van der Waals surface area contributed by atoms with E-state index in [0.29, 0.717) is 25.8 Å². The number of carboxylic acid groups (broad SMARTS) is 1. The number of hydrogen-bond donors (Lipinski definition) is 4. The summed E-state index contributed by atoms with van der Waals surface area (Å²) in [5.74, 6) is -1.98. The number of likely N-dealkylation sites (tertiary alicyclic amines) is 1. The monoisotopic (exact) mass is 329 g/mol. The van der Waals surface area contributed by atoms with Gasteiger partial charge in [-0.3, -0.25) is 9.59 Å². The average molecular weight is 329 g/mol. The molecule has 1 aliphatic rings. The van der Waals surface area contributed by atoms with E-state index in [-0.39, 0.29) is 5.92 Å². The van der Waals surface area contributed by atoms with E-state index in [2.05, 4.69) is 5.32 Å². The molecule has 4 unspecified atom stereocenters. The van der Waals surface area contributed by atoms with Crippen LogP contribution in [0.3, 0.4) is 0 Å². The van der Waals surface area contributed by atoms with Crippen LogP contribution in [-0.2, 0) is 14.4 Å². The highest BCUT2D eigenvalue weighted by atomic mass is 16.4. The van der Waals surface area contributed by atoms with Gasteiger partial charge in [0.15, 0.2) is 0 Å². The highest BCUT2D eigenvalue weighted by Gasteiger charge is 2.39. The number of nitrogens with two attached hydrogens (primary N) is 1. The zero-order valence-corrected chi connectivity index (χ0v) is 13.9. The minimum atomic E-state index is -1.19. The van der Waals surface area contributed by atoms with E-state index in [4.69, 9.17) is 10.8 Å². The fraction of sp³-hybridized carbons (Fsp3) is 0.800. The molecule has 1 heterocycles. The molecule has 8 heteroatoms. The van der Waals surface area contributed by atoms with Gasteiger partial charge in [-0.2, -0.15) is 0 Å². The molecule has 2 amide bonds. The van der Waals surface area contributed by atoms with Crippen molar-refractivity contribution >= 4 is 17.8 Å². The Balaban J connectivity index is 2.80. The van der Waals surface area contributed by atoms with Gasteiger partial charge in [0.1, 0.15) is 12.1 Å². The van der Waals surface area contributed by atoms with E-state index >= 15 is 0 Å². The number of hydrogen-bond acceptors (Lipinski definition) is 5. The van der Waals surface area contributed by atoms with Crippen molar-refractivity contribution in [1.29, 1.82) is 0 Å². The number of aliphatic hydroxyl groups excluding tert-OH is 1. The molecule has 8 nitrogen and oxygen atoms in total. The van der Waals surface area contributed by atoms with Crippen molar-refractivity contribution in [3.63, 3.8) is 0 Å². The van der Waals surface area contributed by atoms with Crippen LogP contribution in [0.25, 0.3) is 0 Å². The van der Waals surface area contributed by atoms with Gasteiger partial charge >= 0.3 is 5.97 Å². The summed E-state index contributed by atoms with van der Waals surface area (Å²) in [7, 11) is 0. The maximum Gasteiger partial charge on any atom is 0.326 e. The lowest BCUT2D eigenvalue weighted by atomic mass is 10.0. The van der Waals surface area contributed by atoms with E-state index in [0.717, 1.165) is 0 Å². The quantitative estimate of drug-likeness (QED) is 0.488. The van der Waals surface area contributed by atoms with Crippen LogP contribution in [0.1, 0.15) is 40.0 Å². The highest BCUT2D eigenvalue weighted by molar-refractivity contribution is 5.92. The van der Waals surface area contributed by atoms with Gasteiger partial charge < -0.3 is 26.2 Å². The maximum absolute atomic E-state index is 12.5. The van der Waals surface area contributed by atoms with Gasteiger partial charge in [0.05, 0.1) is 12.1 Å². The molecule has 0 spiro atoms. The number of aliphatic hydroxyl groups is 1. The van der Waals surface area contributed by atoms with Gasteiger partial charge in [-0.05, 0) is 32.1 Å². The summed E-state index contributed by atoms with van der Waals surface area (Å²) < 4.78 is 0. The third-order valence-electron chi connectivity index (χ3n) is 3.93. The van der Waals surface area contributed by atoms with Crippen LogP contribution in [0.2, 0.25) is 0 Å². The Hall–Kier alpha value is -1.67. The normalized spacial score (nSPS) is 21.8. The topological polar surface area (TPSA) is 133 Å². The summed E-state index contributed by atoms with van der Waals surface area (Å²) in [6.45, 7) is 5.52. The Labute approximate surface area is 136 Å². The molecule has 0 saturated carbocycles. The lowest BCUT2D eigenvalue weighted by molar-refractivity contribution is -0.150. The summed E-state index contributed by atoms with van der Waals surface area (Å²) in [5.41, 5.74) is 5.78. The van der Waals surface area contributed by atoms with Crippen molar-refractivity contribution in [2.45, 2.75) is 64.3 Å². The largest absolute Gasteiger partial charge is 0.480 e. The first-order valence-electron chi connectivity index (χ1n) is 7.92. The first-order valence-corrected chi connectivity index (χ1v) is 7.92. The smallest absolute Gasteiger partial charge is 0.326 e. The van der Waals surface area contributed by atoms with E-state index < -0.39 is 42.0 Å². The molecule has 0 aromatic carbocycles. The van der Waals surface area contributed by atoms with Crippen molar-refractivity contribution in [1.82, 2.24) is 10.2 Å². The van der Waals surface area contributed by atoms with Crippen molar-refractivity contribution in [2.75, 3.05) is 6.54 Å². The van der Waals surface area contributed by atoms with Crippen molar-refractivity contribution < 1.29 is 24.6 Å². The van der Waals surface area contributed by atoms with Crippen LogP contribution in [-0.4, -0.2) is 63.7 Å². The Morgan fingerprint density at radius 3 is 2.39 bits per heavy atom. The van der Waals surface area contributed by atoms with Gasteiger partial charge in [0.25, 0.3) is 0 Å². The van der Waals surface area contributed by atoms with Crippen LogP contribution in [0, 0.1) is 5.92 Å². The SMILES string of the molecule is CC(C)CC(N)C(=O)NC(C(=O)N1CCCC1C(=O)O)C(C)O. The molecule has 5 N–H and O–H groups in total. The molecule has 4 atom stereocenters. The number of nitrogens with zero attached hydrogens (tertiary/aromatic N) is 1. The molecule has 0 radical (unpaired) electrons. The number of carbonyl (C=O) groups is 3. The third kappa shape index (κ3) is 5.18. The second kappa shape index (κ2) is 8.26. The summed E-state index contributed by atoms with van der Waals surface area (Å²) in [4.78, 5) is 37.0. The molecule has 0 aromatic heterocycles. The first-order chi connectivity index (χ1) is 10.6. The lowest BCUT2D eigenvalue weighted by Crippen LogP contribution is -2.58. The van der Waals surface area contributed by atoms with Crippen LogP contribution >= 0.6 is 0 Å². The zero-order chi connectivity index (χ0) is 17.7. The molecule has 1 fully saturated rings. The summed E-state index contributed by atoms with van der Waals surface area (Å²) in [6, 6.07) is -2.89. The van der Waals surface area contributed by atoms with E-state index in [1.165, 1.54) is 11.8 Å². The van der Waals surface area contributed by atoms with E-state index in [1.807, 2.05) is 13.8 Å². The average Bonchev–Trinajstić information content (AvgIpc) is 2.92. The fourth-order valence-electron chi connectivity index (χ4n) is 2.73. The van der Waals surface area contributed by atoms with Gasteiger partial charge in [0, 0.05) is 6.54 Å². The van der Waals surface area contributed by atoms with Gasteiger partial charge in [0.2, 0.25) is 11.8 Å². The molecular formula is C15H27N3O5. The van der Waals surface area contributed by atoms with Crippen molar-refractivity contribution in [3.8, 4) is 0 Å². The minimum Gasteiger partial charge on any atom is -0.480 e. The van der Waals surface area contributed by atoms with E-state index in [1.54, 1.807) is 0 Å². The predicted molar refractivity (Wildman–Crippen MR) is 83.4 cm³/mol. The van der Waals surface area contributed by atoms with Crippen LogP contribution < -0.4 is 11.1 Å². The molecule has 0 bridgehead atoms. The zero-order valence-electron chi connectivity index (χ0n) is 13.9. The lowest BCUT2D eigenvalue weighted by Gasteiger charge is -2.29. The predicted octanol–water partition coefficient (Wildman–Crippen LogP) is -0.699. The Bertz CT molecular complexity index is 452. The number of amides is 2. The highest BCUT2D eigenvalue weighted by Crippen LogP contribution is 2.19. The molecule has 132 valence electrons. The molecular weight excluding hydrogens is 302 g/mol. The second-order valence-electron chi connectivity index (χ2n) is 6.49. The summed E-state index contributed by atoms with van der Waals surface area (Å²) in [6.07, 6.45) is 0.256. The number of nitrogens with one attached hydrogen (secondary N) is 1. The number of aliphatic carboxylic acids is 1. The van der Waals surface area contributed by atoms with Gasteiger partial charge in [-0.25, -0.2) is 4.79 Å². The number of rotatable bonds is 7. The number of carbonyl (C=O) groups excluding carboxylic acids is 2. The Kier molecular flexibility index (Phi) is 6.96. The van der Waals surface area contributed by atoms with Gasteiger partial charge in [-0.1, -0.05) is 13.8 Å². The van der Waals surface area contributed by atoms with Gasteiger partial charge in [-0.15, -0.1) is 0 Å². The molecule has 0 aliphatic carbocycles. The first kappa shape index (κ1) is 19.4. The summed E-state index contributed by atoms with van der Waals surface area (Å²) >= 11 is 0. The third-order valence-corrected chi connectivity index (χ3v) is 3.93.